The first-order valence-corrected chi connectivity index (χ1v) is 6.74. The molecule has 0 saturated heterocycles. The van der Waals surface area contributed by atoms with Gasteiger partial charge in [-0.25, -0.2) is 12.7 Å². The van der Waals surface area contributed by atoms with Crippen molar-refractivity contribution in [3.8, 4) is 0 Å². The normalized spacial score (nSPS) is 12.2. The van der Waals surface area contributed by atoms with E-state index in [2.05, 4.69) is 10.3 Å². The molecule has 0 aliphatic heterocycles. The highest BCUT2D eigenvalue weighted by molar-refractivity contribution is 7.89. The van der Waals surface area contributed by atoms with Crippen molar-refractivity contribution in [2.24, 2.45) is 0 Å². The van der Waals surface area contributed by atoms with Crippen molar-refractivity contribution in [3.05, 3.63) is 18.0 Å². The molecule has 0 aliphatic rings. The molecule has 92 valence electrons. The van der Waals surface area contributed by atoms with E-state index in [1.807, 2.05) is 14.0 Å². The fourth-order valence-corrected chi connectivity index (χ4v) is 2.76. The highest BCUT2D eigenvalue weighted by Crippen LogP contribution is 2.15. The third-order valence-corrected chi connectivity index (χ3v) is 4.16. The Hall–Kier alpha value is -0.850. The average molecular weight is 245 g/mol. The third kappa shape index (κ3) is 2.84. The van der Waals surface area contributed by atoms with Crippen molar-refractivity contribution in [1.82, 2.24) is 14.6 Å². The van der Waals surface area contributed by atoms with Crippen LogP contribution in [-0.2, 0) is 16.6 Å². The Morgan fingerprint density at radius 1 is 1.50 bits per heavy atom. The predicted molar refractivity (Wildman–Crippen MR) is 63.7 cm³/mol. The molecule has 16 heavy (non-hydrogen) atoms. The van der Waals surface area contributed by atoms with E-state index in [1.54, 1.807) is 13.1 Å². The molecule has 0 atom stereocenters. The molecule has 0 saturated carbocycles. The summed E-state index contributed by atoms with van der Waals surface area (Å²) in [5.41, 5.74) is 0.867. The maximum absolute atomic E-state index is 12.0. The van der Waals surface area contributed by atoms with Gasteiger partial charge in [-0.3, -0.25) is 0 Å². The Bertz CT molecular complexity index is 425. The molecule has 1 rings (SSSR count). The smallest absolute Gasteiger partial charge is 0.244 e. The fourth-order valence-electron chi connectivity index (χ4n) is 1.48. The minimum atomic E-state index is -3.32. The molecule has 0 radical (unpaired) electrons. The van der Waals surface area contributed by atoms with Crippen LogP contribution in [0.5, 0.6) is 0 Å². The minimum absolute atomic E-state index is 0.328. The van der Waals surface area contributed by atoms with Crippen LogP contribution in [0.25, 0.3) is 0 Å². The lowest BCUT2D eigenvalue weighted by molar-refractivity contribution is 0.468. The zero-order chi connectivity index (χ0) is 12.2. The SMILES string of the molecule is CCCN(C)S(=O)(=O)c1c[nH]c(CNC)c1. The lowest BCUT2D eigenvalue weighted by Gasteiger charge is -2.14. The molecule has 2 N–H and O–H groups in total. The van der Waals surface area contributed by atoms with Crippen LogP contribution < -0.4 is 5.32 Å². The predicted octanol–water partition coefficient (Wildman–Crippen LogP) is 0.765. The van der Waals surface area contributed by atoms with Crippen molar-refractivity contribution < 1.29 is 8.42 Å². The van der Waals surface area contributed by atoms with Gasteiger partial charge in [-0.2, -0.15) is 0 Å². The topological polar surface area (TPSA) is 65.2 Å². The van der Waals surface area contributed by atoms with Gasteiger partial charge in [0, 0.05) is 32.0 Å². The van der Waals surface area contributed by atoms with Crippen LogP contribution in [0.2, 0.25) is 0 Å². The highest BCUT2D eigenvalue weighted by atomic mass is 32.2. The van der Waals surface area contributed by atoms with Gasteiger partial charge in [0.2, 0.25) is 10.0 Å². The Labute approximate surface area is 96.9 Å². The molecule has 1 heterocycles. The molecule has 0 unspecified atom stereocenters. The second-order valence-corrected chi connectivity index (χ2v) is 5.76. The number of hydrogen-bond donors (Lipinski definition) is 2. The third-order valence-electron chi connectivity index (χ3n) is 2.33. The van der Waals surface area contributed by atoms with Crippen LogP contribution in [-0.4, -0.2) is 38.3 Å². The molecule has 0 bridgehead atoms. The van der Waals surface area contributed by atoms with Crippen LogP contribution in [0.15, 0.2) is 17.2 Å². The Kier molecular flexibility index (Phi) is 4.52. The summed E-state index contributed by atoms with van der Waals surface area (Å²) in [5, 5.41) is 2.96. The van der Waals surface area contributed by atoms with Crippen molar-refractivity contribution in [3.63, 3.8) is 0 Å². The first-order chi connectivity index (χ1) is 7.52. The molecule has 0 aliphatic carbocycles. The summed E-state index contributed by atoms with van der Waals surface area (Å²) >= 11 is 0. The fraction of sp³-hybridized carbons (Fsp3) is 0.600. The summed E-state index contributed by atoms with van der Waals surface area (Å²) in [5.74, 6) is 0. The van der Waals surface area contributed by atoms with E-state index >= 15 is 0 Å². The van der Waals surface area contributed by atoms with E-state index in [0.717, 1.165) is 12.1 Å². The summed E-state index contributed by atoms with van der Waals surface area (Å²) < 4.78 is 25.4. The summed E-state index contributed by atoms with van der Waals surface area (Å²) in [6, 6.07) is 1.66. The van der Waals surface area contributed by atoms with Crippen molar-refractivity contribution in [2.45, 2.75) is 24.8 Å². The van der Waals surface area contributed by atoms with Crippen molar-refractivity contribution in [2.75, 3.05) is 20.6 Å². The van der Waals surface area contributed by atoms with Crippen molar-refractivity contribution in [1.29, 1.82) is 0 Å². The van der Waals surface area contributed by atoms with Gasteiger partial charge < -0.3 is 10.3 Å². The molecular formula is C10H19N3O2S. The van der Waals surface area contributed by atoms with Crippen LogP contribution >= 0.6 is 0 Å². The summed E-state index contributed by atoms with van der Waals surface area (Å²) in [6.07, 6.45) is 2.34. The van der Waals surface area contributed by atoms with Gasteiger partial charge >= 0.3 is 0 Å². The maximum atomic E-state index is 12.0. The zero-order valence-electron chi connectivity index (χ0n) is 9.95. The maximum Gasteiger partial charge on any atom is 0.244 e. The molecule has 1 aromatic rings. The number of aromatic amines is 1. The molecule has 0 spiro atoms. The van der Waals surface area contributed by atoms with E-state index in [9.17, 15) is 8.42 Å². The van der Waals surface area contributed by atoms with Crippen LogP contribution in [0, 0.1) is 0 Å². The first kappa shape index (κ1) is 13.2. The first-order valence-electron chi connectivity index (χ1n) is 5.30. The van der Waals surface area contributed by atoms with Crippen LogP contribution in [0.3, 0.4) is 0 Å². The Morgan fingerprint density at radius 2 is 2.19 bits per heavy atom. The Morgan fingerprint density at radius 3 is 2.75 bits per heavy atom. The standard InChI is InChI=1S/C10H19N3O2S/c1-4-5-13(3)16(14,15)10-6-9(7-11-2)12-8-10/h6,8,11-12H,4-5,7H2,1-3H3. The molecule has 0 aromatic carbocycles. The number of nitrogens with one attached hydrogen (secondary N) is 2. The van der Waals surface area contributed by atoms with Gasteiger partial charge in [0.1, 0.15) is 0 Å². The lowest BCUT2D eigenvalue weighted by Crippen LogP contribution is -2.27. The molecular weight excluding hydrogens is 226 g/mol. The second-order valence-electron chi connectivity index (χ2n) is 3.72. The number of sulfonamides is 1. The monoisotopic (exact) mass is 245 g/mol. The molecule has 0 fully saturated rings. The van der Waals surface area contributed by atoms with Crippen LogP contribution in [0.4, 0.5) is 0 Å². The highest BCUT2D eigenvalue weighted by Gasteiger charge is 2.20. The molecule has 6 heteroatoms. The van der Waals surface area contributed by atoms with Gasteiger partial charge in [-0.15, -0.1) is 0 Å². The van der Waals surface area contributed by atoms with E-state index in [0.29, 0.717) is 18.0 Å². The number of aromatic nitrogens is 1. The quantitative estimate of drug-likeness (QED) is 0.778. The number of hydrogen-bond acceptors (Lipinski definition) is 3. The van der Waals surface area contributed by atoms with Crippen molar-refractivity contribution >= 4 is 10.0 Å². The van der Waals surface area contributed by atoms with E-state index in [1.165, 1.54) is 10.5 Å². The van der Waals surface area contributed by atoms with E-state index in [4.69, 9.17) is 0 Å². The van der Waals surface area contributed by atoms with Gasteiger partial charge in [0.25, 0.3) is 0 Å². The van der Waals surface area contributed by atoms with Gasteiger partial charge in [-0.1, -0.05) is 6.92 Å². The second kappa shape index (κ2) is 5.47. The number of H-pyrrole nitrogens is 1. The largest absolute Gasteiger partial charge is 0.363 e. The zero-order valence-corrected chi connectivity index (χ0v) is 10.8. The summed E-state index contributed by atoms with van der Waals surface area (Å²) in [4.78, 5) is 3.27. The van der Waals surface area contributed by atoms with Crippen LogP contribution in [0.1, 0.15) is 19.0 Å². The number of nitrogens with zero attached hydrogens (tertiary/aromatic N) is 1. The lowest BCUT2D eigenvalue weighted by atomic mass is 10.4. The molecule has 0 amide bonds. The molecule has 1 aromatic heterocycles. The van der Waals surface area contributed by atoms with Gasteiger partial charge in [-0.05, 0) is 19.5 Å². The summed E-state index contributed by atoms with van der Waals surface area (Å²) in [6.45, 7) is 3.12. The minimum Gasteiger partial charge on any atom is -0.363 e. The van der Waals surface area contributed by atoms with E-state index < -0.39 is 10.0 Å². The Balaban J connectivity index is 2.89. The van der Waals surface area contributed by atoms with Gasteiger partial charge in [0.15, 0.2) is 0 Å². The molecule has 5 nitrogen and oxygen atoms in total. The summed E-state index contributed by atoms with van der Waals surface area (Å²) in [7, 11) is 0.0941. The van der Waals surface area contributed by atoms with E-state index in [-0.39, 0.29) is 0 Å². The van der Waals surface area contributed by atoms with Gasteiger partial charge in [0.05, 0.1) is 4.90 Å². The number of rotatable bonds is 6. The average Bonchev–Trinajstić information content (AvgIpc) is 2.68.